The summed E-state index contributed by atoms with van der Waals surface area (Å²) in [4.78, 5) is 38.8. The molecule has 180 valence electrons. The molecule has 2 aliphatic rings. The van der Waals surface area contributed by atoms with Crippen molar-refractivity contribution in [2.24, 2.45) is 5.41 Å². The number of nitrogens with zero attached hydrogens (tertiary/aromatic N) is 1. The van der Waals surface area contributed by atoms with Crippen LogP contribution in [0, 0.1) is 5.41 Å². The molecule has 1 aliphatic heterocycles. The first-order valence-electron chi connectivity index (χ1n) is 11.6. The topological polar surface area (TPSA) is 109 Å². The zero-order valence-corrected chi connectivity index (χ0v) is 19.3. The summed E-state index contributed by atoms with van der Waals surface area (Å²) in [5.41, 5.74) is 3.65. The van der Waals surface area contributed by atoms with Crippen LogP contribution in [0.3, 0.4) is 0 Å². The predicted molar refractivity (Wildman–Crippen MR) is 128 cm³/mol. The van der Waals surface area contributed by atoms with Crippen LogP contribution in [0.1, 0.15) is 47.4 Å². The highest BCUT2D eigenvalue weighted by Crippen LogP contribution is 2.44. The van der Waals surface area contributed by atoms with Crippen molar-refractivity contribution in [3.63, 3.8) is 0 Å². The van der Waals surface area contributed by atoms with Gasteiger partial charge in [0.25, 0.3) is 5.91 Å². The summed E-state index contributed by atoms with van der Waals surface area (Å²) in [6, 6.07) is 17.6. The first kappa shape index (κ1) is 22.7. The normalized spacial score (nSPS) is 19.1. The van der Waals surface area contributed by atoms with Crippen molar-refractivity contribution in [1.82, 2.24) is 4.90 Å². The maximum atomic E-state index is 13.1. The van der Waals surface area contributed by atoms with Gasteiger partial charge in [0.15, 0.2) is 0 Å². The number of fused-ring (bicyclic) bond motifs is 3. The number of hydrogen-bond acceptors (Lipinski definition) is 5. The van der Waals surface area contributed by atoms with E-state index in [0.717, 1.165) is 22.3 Å². The third kappa shape index (κ3) is 4.16. The van der Waals surface area contributed by atoms with Crippen molar-refractivity contribution in [2.45, 2.75) is 25.7 Å². The van der Waals surface area contributed by atoms with Crippen LogP contribution >= 0.6 is 0 Å². The van der Waals surface area contributed by atoms with Gasteiger partial charge in [0.2, 0.25) is 5.76 Å². The molecule has 2 N–H and O–H groups in total. The van der Waals surface area contributed by atoms with E-state index < -0.39 is 23.4 Å². The lowest BCUT2D eigenvalue weighted by molar-refractivity contribution is -0.150. The van der Waals surface area contributed by atoms with Gasteiger partial charge in [0.1, 0.15) is 6.61 Å². The SMILES string of the molecule is CC1(C(=O)O)CCCN(C(=O)c2occc2NC(=O)OCC2c3ccccc3-c3ccccc32)C1. The molecule has 0 saturated carbocycles. The number of carbonyl (C=O) groups is 3. The fraction of sp³-hybridized carbons (Fsp3) is 0.296. The number of anilines is 1. The Hall–Kier alpha value is -4.07. The zero-order chi connectivity index (χ0) is 24.6. The van der Waals surface area contributed by atoms with Crippen molar-refractivity contribution in [1.29, 1.82) is 0 Å². The first-order chi connectivity index (χ1) is 16.9. The predicted octanol–water partition coefficient (Wildman–Crippen LogP) is 4.97. The highest BCUT2D eigenvalue weighted by Gasteiger charge is 2.40. The number of carbonyl (C=O) groups excluding carboxylic acids is 2. The van der Waals surface area contributed by atoms with E-state index in [2.05, 4.69) is 17.4 Å². The second-order valence-electron chi connectivity index (χ2n) is 9.31. The lowest BCUT2D eigenvalue weighted by Crippen LogP contribution is -2.48. The van der Waals surface area contributed by atoms with Gasteiger partial charge >= 0.3 is 12.1 Å². The Balaban J connectivity index is 1.26. The third-order valence-electron chi connectivity index (χ3n) is 6.94. The molecule has 1 saturated heterocycles. The lowest BCUT2D eigenvalue weighted by atomic mass is 9.82. The number of carboxylic acids is 1. The molecule has 8 nitrogen and oxygen atoms in total. The molecule has 2 amide bonds. The highest BCUT2D eigenvalue weighted by molar-refractivity contribution is 6.00. The van der Waals surface area contributed by atoms with Crippen molar-refractivity contribution in [3.05, 3.63) is 77.7 Å². The monoisotopic (exact) mass is 474 g/mol. The molecule has 3 aromatic rings. The van der Waals surface area contributed by atoms with E-state index in [1.54, 1.807) is 6.92 Å². The van der Waals surface area contributed by atoms with Gasteiger partial charge in [-0.15, -0.1) is 0 Å². The molecule has 5 rings (SSSR count). The second-order valence-corrected chi connectivity index (χ2v) is 9.31. The van der Waals surface area contributed by atoms with E-state index in [-0.39, 0.29) is 30.5 Å². The maximum Gasteiger partial charge on any atom is 0.411 e. The third-order valence-corrected chi connectivity index (χ3v) is 6.94. The summed E-state index contributed by atoms with van der Waals surface area (Å²) in [6.07, 6.45) is 1.68. The largest absolute Gasteiger partial charge is 0.481 e. The van der Waals surface area contributed by atoms with Crippen molar-refractivity contribution in [2.75, 3.05) is 25.0 Å². The Morgan fingerprint density at radius 3 is 2.40 bits per heavy atom. The molecule has 8 heteroatoms. The number of carboxylic acid groups (broad SMARTS) is 1. The minimum atomic E-state index is -1.01. The Kier molecular flexibility index (Phi) is 5.80. The fourth-order valence-electron chi connectivity index (χ4n) is 5.05. The Labute approximate surface area is 202 Å². The number of ether oxygens (including phenoxy) is 1. The Morgan fingerprint density at radius 2 is 1.74 bits per heavy atom. The lowest BCUT2D eigenvalue weighted by Gasteiger charge is -2.37. The summed E-state index contributed by atoms with van der Waals surface area (Å²) in [5.74, 6) is -1.53. The molecular formula is C27H26N2O6. The van der Waals surface area contributed by atoms with E-state index in [9.17, 15) is 19.5 Å². The van der Waals surface area contributed by atoms with Crippen LogP contribution in [0.5, 0.6) is 0 Å². The molecule has 2 heterocycles. The van der Waals surface area contributed by atoms with Gasteiger partial charge in [-0.2, -0.15) is 0 Å². The van der Waals surface area contributed by atoms with Crippen LogP contribution in [0.2, 0.25) is 0 Å². The van der Waals surface area contributed by atoms with Gasteiger partial charge in [0, 0.05) is 25.1 Å². The van der Waals surface area contributed by atoms with Gasteiger partial charge in [-0.25, -0.2) is 4.79 Å². The average Bonchev–Trinajstić information content (AvgIpc) is 3.44. The number of piperidine rings is 1. The van der Waals surface area contributed by atoms with E-state index in [1.165, 1.54) is 17.2 Å². The van der Waals surface area contributed by atoms with Gasteiger partial charge in [0.05, 0.1) is 17.4 Å². The molecule has 1 fully saturated rings. The van der Waals surface area contributed by atoms with Gasteiger partial charge < -0.3 is 19.2 Å². The van der Waals surface area contributed by atoms with Crippen molar-refractivity contribution < 1.29 is 28.6 Å². The first-order valence-corrected chi connectivity index (χ1v) is 11.6. The second kappa shape index (κ2) is 8.94. The molecular weight excluding hydrogens is 448 g/mol. The molecule has 1 aromatic heterocycles. The van der Waals surface area contributed by atoms with Crippen LogP contribution in [-0.4, -0.2) is 47.7 Å². The van der Waals surface area contributed by atoms with Crippen LogP contribution in [0.15, 0.2) is 65.3 Å². The van der Waals surface area contributed by atoms with Crippen molar-refractivity contribution >= 4 is 23.7 Å². The van der Waals surface area contributed by atoms with E-state index >= 15 is 0 Å². The summed E-state index contributed by atoms with van der Waals surface area (Å²) in [7, 11) is 0. The molecule has 1 aliphatic carbocycles. The number of hydrogen-bond donors (Lipinski definition) is 2. The number of amides is 2. The van der Waals surface area contributed by atoms with Crippen LogP contribution in [0.25, 0.3) is 11.1 Å². The van der Waals surface area contributed by atoms with E-state index in [1.807, 2.05) is 36.4 Å². The Bertz CT molecular complexity index is 1250. The number of furan rings is 1. The molecule has 0 spiro atoms. The van der Waals surface area contributed by atoms with Crippen LogP contribution in [-0.2, 0) is 9.53 Å². The van der Waals surface area contributed by atoms with E-state index in [4.69, 9.17) is 9.15 Å². The molecule has 2 aromatic carbocycles. The summed E-state index contributed by atoms with van der Waals surface area (Å²) in [6.45, 7) is 2.27. The average molecular weight is 475 g/mol. The Morgan fingerprint density at radius 1 is 1.09 bits per heavy atom. The number of rotatable bonds is 5. The molecule has 1 unspecified atom stereocenters. The summed E-state index contributed by atoms with van der Waals surface area (Å²) < 4.78 is 10.9. The van der Waals surface area contributed by atoms with Gasteiger partial charge in [-0.3, -0.25) is 14.9 Å². The summed E-state index contributed by atoms with van der Waals surface area (Å²) >= 11 is 0. The smallest absolute Gasteiger partial charge is 0.411 e. The molecule has 35 heavy (non-hydrogen) atoms. The fourth-order valence-corrected chi connectivity index (χ4v) is 5.05. The molecule has 0 radical (unpaired) electrons. The van der Waals surface area contributed by atoms with E-state index in [0.29, 0.717) is 19.4 Å². The number of likely N-dealkylation sites (tertiary alicyclic amines) is 1. The minimum Gasteiger partial charge on any atom is -0.481 e. The van der Waals surface area contributed by atoms with Crippen LogP contribution in [0.4, 0.5) is 10.5 Å². The minimum absolute atomic E-state index is 0.0480. The highest BCUT2D eigenvalue weighted by atomic mass is 16.5. The summed E-state index contributed by atoms with van der Waals surface area (Å²) in [5, 5.41) is 12.1. The number of aliphatic carboxylic acids is 1. The quantitative estimate of drug-likeness (QED) is 0.541. The number of nitrogens with one attached hydrogen (secondary N) is 1. The van der Waals surface area contributed by atoms with Gasteiger partial charge in [-0.1, -0.05) is 48.5 Å². The maximum absolute atomic E-state index is 13.1. The number of benzene rings is 2. The standard InChI is InChI=1S/C27H26N2O6/c1-27(25(31)32)12-6-13-29(16-27)24(30)23-22(11-14-34-23)28-26(33)35-15-21-19-9-4-2-7-17(19)18-8-3-5-10-20(18)21/h2-5,7-11,14,21H,6,12-13,15-16H2,1H3,(H,28,33)(H,31,32). The van der Waals surface area contributed by atoms with Gasteiger partial charge in [-0.05, 0) is 42.0 Å². The molecule has 0 bridgehead atoms. The van der Waals surface area contributed by atoms with Crippen LogP contribution < -0.4 is 5.32 Å². The zero-order valence-electron chi connectivity index (χ0n) is 19.3. The van der Waals surface area contributed by atoms with Crippen molar-refractivity contribution in [3.8, 4) is 11.1 Å². The molecule has 1 atom stereocenters.